The lowest BCUT2D eigenvalue weighted by molar-refractivity contribution is 0.0954. The maximum absolute atomic E-state index is 11.8. The molecule has 2 rings (SSSR count). The molecule has 0 aromatic heterocycles. The van der Waals surface area contributed by atoms with Gasteiger partial charge in [0.1, 0.15) is 5.75 Å². The van der Waals surface area contributed by atoms with Gasteiger partial charge in [0.25, 0.3) is 5.91 Å². The second-order valence-electron chi connectivity index (χ2n) is 3.77. The van der Waals surface area contributed by atoms with Crippen LogP contribution in [0.15, 0.2) is 53.6 Å². The first-order valence-electron chi connectivity index (χ1n) is 5.54. The summed E-state index contributed by atoms with van der Waals surface area (Å²) in [6.45, 7) is 0. The first kappa shape index (κ1) is 13.5. The smallest absolute Gasteiger partial charge is 0.272 e. The SMILES string of the molecule is O=C(N/N=C/c1cccc(O)c1)c1ccccc1I. The molecule has 96 valence electrons. The molecule has 0 bridgehead atoms. The summed E-state index contributed by atoms with van der Waals surface area (Å²) >= 11 is 2.10. The van der Waals surface area contributed by atoms with Crippen molar-refractivity contribution in [3.05, 3.63) is 63.2 Å². The number of hydrogen-bond acceptors (Lipinski definition) is 3. The number of aromatic hydroxyl groups is 1. The largest absolute Gasteiger partial charge is 0.508 e. The maximum atomic E-state index is 11.8. The molecule has 0 heterocycles. The Hall–Kier alpha value is -1.89. The van der Waals surface area contributed by atoms with Crippen LogP contribution < -0.4 is 5.43 Å². The third-order valence-electron chi connectivity index (χ3n) is 2.37. The van der Waals surface area contributed by atoms with E-state index in [1.54, 1.807) is 36.4 Å². The lowest BCUT2D eigenvalue weighted by Crippen LogP contribution is -2.18. The fraction of sp³-hybridized carbons (Fsp3) is 0. The van der Waals surface area contributed by atoms with Crippen molar-refractivity contribution in [3.8, 4) is 5.75 Å². The van der Waals surface area contributed by atoms with E-state index in [-0.39, 0.29) is 11.7 Å². The first-order chi connectivity index (χ1) is 9.16. The van der Waals surface area contributed by atoms with E-state index in [9.17, 15) is 9.90 Å². The summed E-state index contributed by atoms with van der Waals surface area (Å²) in [5.74, 6) is -0.103. The summed E-state index contributed by atoms with van der Waals surface area (Å²) in [5, 5.41) is 13.1. The van der Waals surface area contributed by atoms with E-state index in [0.717, 1.165) is 3.57 Å². The van der Waals surface area contributed by atoms with Gasteiger partial charge >= 0.3 is 0 Å². The number of nitrogens with one attached hydrogen (secondary N) is 1. The van der Waals surface area contributed by atoms with Gasteiger partial charge in [0, 0.05) is 3.57 Å². The minimum Gasteiger partial charge on any atom is -0.508 e. The molecule has 0 atom stereocenters. The van der Waals surface area contributed by atoms with E-state index in [1.165, 1.54) is 6.21 Å². The first-order valence-corrected chi connectivity index (χ1v) is 6.61. The van der Waals surface area contributed by atoms with Gasteiger partial charge in [-0.15, -0.1) is 0 Å². The highest BCUT2D eigenvalue weighted by molar-refractivity contribution is 14.1. The van der Waals surface area contributed by atoms with Crippen LogP contribution >= 0.6 is 22.6 Å². The Balaban J connectivity index is 2.03. The molecule has 2 aromatic rings. The Morgan fingerprint density at radius 2 is 2.00 bits per heavy atom. The molecule has 0 saturated carbocycles. The van der Waals surface area contributed by atoms with Crippen molar-refractivity contribution in [1.82, 2.24) is 5.43 Å². The average Bonchev–Trinajstić information content (AvgIpc) is 2.39. The Kier molecular flexibility index (Phi) is 4.51. The van der Waals surface area contributed by atoms with Crippen LogP contribution in [0.2, 0.25) is 0 Å². The number of rotatable bonds is 3. The molecule has 0 spiro atoms. The lowest BCUT2D eigenvalue weighted by Gasteiger charge is -2.01. The molecular weight excluding hydrogens is 355 g/mol. The van der Waals surface area contributed by atoms with Gasteiger partial charge in [0.05, 0.1) is 11.8 Å². The fourth-order valence-electron chi connectivity index (χ4n) is 1.48. The highest BCUT2D eigenvalue weighted by Crippen LogP contribution is 2.11. The third-order valence-corrected chi connectivity index (χ3v) is 3.31. The number of nitrogens with zero attached hydrogens (tertiary/aromatic N) is 1. The molecule has 5 heteroatoms. The molecule has 19 heavy (non-hydrogen) atoms. The van der Waals surface area contributed by atoms with Crippen LogP contribution in [0.3, 0.4) is 0 Å². The number of hydrazone groups is 1. The van der Waals surface area contributed by atoms with Gasteiger partial charge in [0.15, 0.2) is 0 Å². The summed E-state index contributed by atoms with van der Waals surface area (Å²) in [7, 11) is 0. The van der Waals surface area contributed by atoms with Crippen molar-refractivity contribution in [2.45, 2.75) is 0 Å². The average molecular weight is 366 g/mol. The van der Waals surface area contributed by atoms with Gasteiger partial charge in [0.2, 0.25) is 0 Å². The van der Waals surface area contributed by atoms with E-state index < -0.39 is 0 Å². The number of benzene rings is 2. The van der Waals surface area contributed by atoms with Gasteiger partial charge in [-0.25, -0.2) is 5.43 Å². The monoisotopic (exact) mass is 366 g/mol. The zero-order valence-electron chi connectivity index (χ0n) is 9.88. The van der Waals surface area contributed by atoms with Gasteiger partial charge < -0.3 is 5.11 Å². The molecule has 4 nitrogen and oxygen atoms in total. The summed E-state index contributed by atoms with van der Waals surface area (Å²) in [5.41, 5.74) is 3.74. The number of phenolic OH excluding ortho intramolecular Hbond substituents is 1. The fourth-order valence-corrected chi connectivity index (χ4v) is 2.11. The molecule has 0 aliphatic carbocycles. The van der Waals surface area contributed by atoms with Crippen molar-refractivity contribution in [2.24, 2.45) is 5.10 Å². The zero-order valence-corrected chi connectivity index (χ0v) is 12.0. The summed E-state index contributed by atoms with van der Waals surface area (Å²) in [4.78, 5) is 11.8. The van der Waals surface area contributed by atoms with Gasteiger partial charge in [-0.2, -0.15) is 5.10 Å². The van der Waals surface area contributed by atoms with E-state index in [1.807, 2.05) is 12.1 Å². The van der Waals surface area contributed by atoms with Gasteiger partial charge in [-0.3, -0.25) is 4.79 Å². The Bertz CT molecular complexity index is 626. The van der Waals surface area contributed by atoms with Gasteiger partial charge in [-0.1, -0.05) is 24.3 Å². The highest BCUT2D eigenvalue weighted by Gasteiger charge is 2.07. The van der Waals surface area contributed by atoms with Crippen LogP contribution in [0.4, 0.5) is 0 Å². The zero-order chi connectivity index (χ0) is 13.7. The normalized spacial score (nSPS) is 10.6. The van der Waals surface area contributed by atoms with Gasteiger partial charge in [-0.05, 0) is 52.4 Å². The molecule has 0 fully saturated rings. The molecule has 2 aromatic carbocycles. The highest BCUT2D eigenvalue weighted by atomic mass is 127. The van der Waals surface area contributed by atoms with Crippen LogP contribution in [-0.2, 0) is 0 Å². The van der Waals surface area contributed by atoms with Crippen molar-refractivity contribution in [3.63, 3.8) is 0 Å². The van der Waals surface area contributed by atoms with E-state index in [2.05, 4.69) is 33.1 Å². The predicted octanol–water partition coefficient (Wildman–Crippen LogP) is 2.76. The standard InChI is InChI=1S/C14H11IN2O2/c15-13-7-2-1-6-12(13)14(19)17-16-9-10-4-3-5-11(18)8-10/h1-9,18H,(H,17,19)/b16-9+. The van der Waals surface area contributed by atoms with Crippen LogP contribution in [0, 0.1) is 3.57 Å². The number of halogens is 1. The molecule has 0 aliphatic heterocycles. The number of carbonyl (C=O) groups is 1. The van der Waals surface area contributed by atoms with E-state index in [0.29, 0.717) is 11.1 Å². The Labute approximate surface area is 124 Å². The quantitative estimate of drug-likeness (QED) is 0.499. The number of carbonyl (C=O) groups excluding carboxylic acids is 1. The summed E-state index contributed by atoms with van der Waals surface area (Å²) < 4.78 is 0.866. The Morgan fingerprint density at radius 1 is 1.21 bits per heavy atom. The molecule has 0 saturated heterocycles. The van der Waals surface area contributed by atoms with Crippen molar-refractivity contribution in [2.75, 3.05) is 0 Å². The summed E-state index contributed by atoms with van der Waals surface area (Å²) in [6.07, 6.45) is 1.48. The third kappa shape index (κ3) is 3.78. The second kappa shape index (κ2) is 6.33. The summed E-state index contributed by atoms with van der Waals surface area (Å²) in [6, 6.07) is 13.9. The molecule has 1 amide bonds. The van der Waals surface area contributed by atoms with E-state index in [4.69, 9.17) is 0 Å². The number of hydrogen-bond donors (Lipinski definition) is 2. The van der Waals surface area contributed by atoms with Crippen LogP contribution in [-0.4, -0.2) is 17.2 Å². The van der Waals surface area contributed by atoms with Crippen LogP contribution in [0.5, 0.6) is 5.75 Å². The predicted molar refractivity (Wildman–Crippen MR) is 82.3 cm³/mol. The molecule has 0 radical (unpaired) electrons. The van der Waals surface area contributed by atoms with Crippen molar-refractivity contribution < 1.29 is 9.90 Å². The number of amides is 1. The lowest BCUT2D eigenvalue weighted by atomic mass is 10.2. The molecule has 2 N–H and O–H groups in total. The van der Waals surface area contributed by atoms with E-state index >= 15 is 0 Å². The Morgan fingerprint density at radius 3 is 2.74 bits per heavy atom. The topological polar surface area (TPSA) is 61.7 Å². The molecule has 0 unspecified atom stereocenters. The maximum Gasteiger partial charge on any atom is 0.272 e. The minimum absolute atomic E-state index is 0.160. The minimum atomic E-state index is -0.263. The van der Waals surface area contributed by atoms with Crippen LogP contribution in [0.25, 0.3) is 0 Å². The van der Waals surface area contributed by atoms with Crippen LogP contribution in [0.1, 0.15) is 15.9 Å². The van der Waals surface area contributed by atoms with Crippen molar-refractivity contribution in [1.29, 1.82) is 0 Å². The van der Waals surface area contributed by atoms with Crippen molar-refractivity contribution >= 4 is 34.7 Å². The number of phenols is 1. The second-order valence-corrected chi connectivity index (χ2v) is 4.94. The molecular formula is C14H11IN2O2. The molecule has 0 aliphatic rings.